The lowest BCUT2D eigenvalue weighted by molar-refractivity contribution is 0.767. The van der Waals surface area contributed by atoms with Crippen molar-refractivity contribution in [2.24, 2.45) is 7.05 Å². The summed E-state index contributed by atoms with van der Waals surface area (Å²) >= 11 is 0. The van der Waals surface area contributed by atoms with Gasteiger partial charge in [-0.05, 0) is 0 Å². The molecule has 4 heteroatoms. The zero-order chi connectivity index (χ0) is 9.52. The average Bonchev–Trinajstić information content (AvgIpc) is 2.51. The fourth-order valence-electron chi connectivity index (χ4n) is 0.968. The molecule has 0 aliphatic rings. The van der Waals surface area contributed by atoms with Crippen LogP contribution in [-0.4, -0.2) is 29.4 Å². The van der Waals surface area contributed by atoms with Crippen LogP contribution in [0.15, 0.2) is 12.4 Å². The average molecular weight is 178 g/mol. The molecule has 0 spiro atoms. The molecule has 0 atom stereocenters. The molecule has 0 fully saturated rings. The van der Waals surface area contributed by atoms with Crippen molar-refractivity contribution in [3.8, 4) is 12.3 Å². The molecule has 2 N–H and O–H groups in total. The van der Waals surface area contributed by atoms with Crippen LogP contribution in [0.4, 0.5) is 5.69 Å². The minimum absolute atomic E-state index is 0.620. The highest BCUT2D eigenvalue weighted by atomic mass is 15.3. The summed E-state index contributed by atoms with van der Waals surface area (Å²) in [5, 5.41) is 10.3. The van der Waals surface area contributed by atoms with E-state index in [1.54, 1.807) is 10.9 Å². The summed E-state index contributed by atoms with van der Waals surface area (Å²) in [4.78, 5) is 0. The van der Waals surface area contributed by atoms with Crippen molar-refractivity contribution < 1.29 is 0 Å². The molecule has 0 saturated heterocycles. The molecule has 4 nitrogen and oxygen atoms in total. The number of aryl methyl sites for hydroxylation is 1. The van der Waals surface area contributed by atoms with E-state index in [4.69, 9.17) is 6.42 Å². The first kappa shape index (κ1) is 9.62. The predicted octanol–water partition coefficient (Wildman–Crippen LogP) is 0.0548. The van der Waals surface area contributed by atoms with Gasteiger partial charge in [-0.1, -0.05) is 5.92 Å². The lowest BCUT2D eigenvalue weighted by Gasteiger charge is -2.02. The Hall–Kier alpha value is -1.47. The summed E-state index contributed by atoms with van der Waals surface area (Å²) in [7, 11) is 1.89. The lowest BCUT2D eigenvalue weighted by Crippen LogP contribution is -2.22. The molecule has 1 rings (SSSR count). The van der Waals surface area contributed by atoms with Gasteiger partial charge in [0.1, 0.15) is 0 Å². The third-order valence-electron chi connectivity index (χ3n) is 1.56. The quantitative estimate of drug-likeness (QED) is 0.494. The van der Waals surface area contributed by atoms with Gasteiger partial charge in [0.2, 0.25) is 0 Å². The van der Waals surface area contributed by atoms with Crippen LogP contribution in [-0.2, 0) is 7.05 Å². The Bertz CT molecular complexity index is 284. The zero-order valence-electron chi connectivity index (χ0n) is 7.75. The number of anilines is 1. The summed E-state index contributed by atoms with van der Waals surface area (Å²) < 4.78 is 1.76. The van der Waals surface area contributed by atoms with Crippen LogP contribution in [0.25, 0.3) is 0 Å². The van der Waals surface area contributed by atoms with E-state index in [-0.39, 0.29) is 0 Å². The van der Waals surface area contributed by atoms with E-state index in [1.807, 2.05) is 13.2 Å². The molecule has 0 aromatic carbocycles. The van der Waals surface area contributed by atoms with Crippen molar-refractivity contribution in [3.05, 3.63) is 12.4 Å². The van der Waals surface area contributed by atoms with Crippen molar-refractivity contribution in [2.45, 2.75) is 0 Å². The highest BCUT2D eigenvalue weighted by Gasteiger charge is 1.92. The smallest absolute Gasteiger partial charge is 0.0726 e. The Kier molecular flexibility index (Phi) is 3.86. The number of hydrogen-bond acceptors (Lipinski definition) is 3. The van der Waals surface area contributed by atoms with Gasteiger partial charge in [-0.25, -0.2) is 0 Å². The van der Waals surface area contributed by atoms with Gasteiger partial charge < -0.3 is 10.6 Å². The van der Waals surface area contributed by atoms with E-state index >= 15 is 0 Å². The van der Waals surface area contributed by atoms with E-state index in [9.17, 15) is 0 Å². The molecule has 1 aromatic rings. The first-order chi connectivity index (χ1) is 6.33. The second-order valence-corrected chi connectivity index (χ2v) is 2.71. The van der Waals surface area contributed by atoms with E-state index in [1.165, 1.54) is 0 Å². The monoisotopic (exact) mass is 178 g/mol. The Labute approximate surface area is 78.3 Å². The molecule has 1 heterocycles. The topological polar surface area (TPSA) is 41.9 Å². The highest BCUT2D eigenvalue weighted by Crippen LogP contribution is 2.01. The molecule has 0 bridgehead atoms. The maximum absolute atomic E-state index is 5.08. The second-order valence-electron chi connectivity index (χ2n) is 2.71. The molecule has 70 valence electrons. The van der Waals surface area contributed by atoms with Crippen molar-refractivity contribution in [1.82, 2.24) is 15.1 Å². The van der Waals surface area contributed by atoms with Crippen LogP contribution >= 0.6 is 0 Å². The van der Waals surface area contributed by atoms with E-state index < -0.39 is 0 Å². The molecule has 13 heavy (non-hydrogen) atoms. The molecule has 0 unspecified atom stereocenters. The van der Waals surface area contributed by atoms with Gasteiger partial charge in [0.05, 0.1) is 18.4 Å². The van der Waals surface area contributed by atoms with Gasteiger partial charge in [-0.2, -0.15) is 5.10 Å². The number of nitrogens with one attached hydrogen (secondary N) is 2. The molecular weight excluding hydrogens is 164 g/mol. The zero-order valence-corrected chi connectivity index (χ0v) is 7.75. The Balaban J connectivity index is 2.10. The largest absolute Gasteiger partial charge is 0.381 e. The summed E-state index contributed by atoms with van der Waals surface area (Å²) in [5.74, 6) is 2.52. The summed E-state index contributed by atoms with van der Waals surface area (Å²) in [6.45, 7) is 2.33. The first-order valence-electron chi connectivity index (χ1n) is 4.19. The predicted molar refractivity (Wildman–Crippen MR) is 53.4 cm³/mol. The van der Waals surface area contributed by atoms with Crippen LogP contribution in [0, 0.1) is 12.3 Å². The maximum Gasteiger partial charge on any atom is 0.0726 e. The SMILES string of the molecule is C#CCNCCNc1cnn(C)c1. The third-order valence-corrected chi connectivity index (χ3v) is 1.56. The van der Waals surface area contributed by atoms with Gasteiger partial charge in [0.25, 0.3) is 0 Å². The fraction of sp³-hybridized carbons (Fsp3) is 0.444. The molecule has 0 amide bonds. The lowest BCUT2D eigenvalue weighted by atomic mass is 10.5. The minimum Gasteiger partial charge on any atom is -0.381 e. The first-order valence-corrected chi connectivity index (χ1v) is 4.19. The molecule has 0 aliphatic heterocycles. The van der Waals surface area contributed by atoms with Gasteiger partial charge >= 0.3 is 0 Å². The fourth-order valence-corrected chi connectivity index (χ4v) is 0.968. The van der Waals surface area contributed by atoms with E-state index in [2.05, 4.69) is 21.7 Å². The van der Waals surface area contributed by atoms with E-state index in [0.29, 0.717) is 6.54 Å². The van der Waals surface area contributed by atoms with Gasteiger partial charge in [-0.3, -0.25) is 4.68 Å². The summed E-state index contributed by atoms with van der Waals surface area (Å²) in [6.07, 6.45) is 8.80. The van der Waals surface area contributed by atoms with Crippen LogP contribution < -0.4 is 10.6 Å². The Morgan fingerprint density at radius 3 is 3.08 bits per heavy atom. The van der Waals surface area contributed by atoms with E-state index in [0.717, 1.165) is 18.8 Å². The number of rotatable bonds is 5. The molecule has 0 aliphatic carbocycles. The highest BCUT2D eigenvalue weighted by molar-refractivity contribution is 5.37. The number of nitrogens with zero attached hydrogens (tertiary/aromatic N) is 2. The molecular formula is C9H14N4. The van der Waals surface area contributed by atoms with Gasteiger partial charge in [0, 0.05) is 26.3 Å². The van der Waals surface area contributed by atoms with Crippen molar-refractivity contribution >= 4 is 5.69 Å². The van der Waals surface area contributed by atoms with Crippen LogP contribution in [0.1, 0.15) is 0 Å². The van der Waals surface area contributed by atoms with Crippen LogP contribution in [0.3, 0.4) is 0 Å². The normalized spacial score (nSPS) is 9.54. The second kappa shape index (κ2) is 5.22. The van der Waals surface area contributed by atoms with Gasteiger partial charge in [-0.15, -0.1) is 6.42 Å². The number of aromatic nitrogens is 2. The van der Waals surface area contributed by atoms with Crippen LogP contribution in [0.2, 0.25) is 0 Å². The van der Waals surface area contributed by atoms with Crippen LogP contribution in [0.5, 0.6) is 0 Å². The standard InChI is InChI=1S/C9H14N4/c1-3-4-10-5-6-11-9-7-12-13(2)8-9/h1,7-8,10-11H,4-6H2,2H3. The third kappa shape index (κ3) is 3.63. The maximum atomic E-state index is 5.08. The van der Waals surface area contributed by atoms with Crippen molar-refractivity contribution in [3.63, 3.8) is 0 Å². The molecule has 0 radical (unpaired) electrons. The molecule has 1 aromatic heterocycles. The van der Waals surface area contributed by atoms with Crippen molar-refractivity contribution in [1.29, 1.82) is 0 Å². The summed E-state index contributed by atoms with van der Waals surface area (Å²) in [6, 6.07) is 0. The number of hydrogen-bond donors (Lipinski definition) is 2. The summed E-state index contributed by atoms with van der Waals surface area (Å²) in [5.41, 5.74) is 1.03. The number of terminal acetylenes is 1. The van der Waals surface area contributed by atoms with Gasteiger partial charge in [0.15, 0.2) is 0 Å². The van der Waals surface area contributed by atoms with Crippen molar-refractivity contribution in [2.75, 3.05) is 25.0 Å². The minimum atomic E-state index is 0.620. The Morgan fingerprint density at radius 1 is 1.62 bits per heavy atom. The Morgan fingerprint density at radius 2 is 2.46 bits per heavy atom. The molecule has 0 saturated carbocycles.